The number of nitrogens with zero attached hydrogens (tertiary/aromatic N) is 8. The van der Waals surface area contributed by atoms with E-state index in [1.54, 1.807) is 23.1 Å². The zero-order valence-corrected chi connectivity index (χ0v) is 25.3. The normalized spacial score (nSPS) is 15.2. The Balaban J connectivity index is 1.22. The quantitative estimate of drug-likeness (QED) is 0.200. The third-order valence-electron chi connectivity index (χ3n) is 7.22. The molecule has 2 aromatic heterocycles. The number of hydrogen-bond acceptors (Lipinski definition) is 10. The number of halogens is 5. The number of tetrazole rings is 1. The molecule has 1 unspecified atom stereocenters. The molecule has 45 heavy (non-hydrogen) atoms. The van der Waals surface area contributed by atoms with Gasteiger partial charge in [-0.05, 0) is 53.6 Å². The van der Waals surface area contributed by atoms with Crippen LogP contribution in [-0.4, -0.2) is 93.4 Å². The second-order valence-electron chi connectivity index (χ2n) is 10.6. The molecule has 5 rings (SSSR count). The molecule has 1 aliphatic rings. The SMILES string of the molecule is COc1cc(N2CCCN(CC(F)(F)C(F)F)CC2)ccc1Nc1ncc(-c2ccc(Cl)c(OC(C)Cn3cnnn3)c2)cn1. The molecule has 0 radical (unpaired) electrons. The summed E-state index contributed by atoms with van der Waals surface area (Å²) in [4.78, 5) is 12.3. The van der Waals surface area contributed by atoms with E-state index in [4.69, 9.17) is 21.1 Å². The van der Waals surface area contributed by atoms with Crippen molar-refractivity contribution >= 4 is 28.9 Å². The minimum Gasteiger partial charge on any atom is -0.494 e. The summed E-state index contributed by atoms with van der Waals surface area (Å²) in [7, 11) is 1.54. The van der Waals surface area contributed by atoms with Crippen molar-refractivity contribution in [2.45, 2.75) is 38.3 Å². The van der Waals surface area contributed by atoms with Gasteiger partial charge in [0.2, 0.25) is 5.95 Å². The molecule has 0 spiro atoms. The van der Waals surface area contributed by atoms with E-state index in [9.17, 15) is 17.6 Å². The fourth-order valence-electron chi connectivity index (χ4n) is 4.95. The lowest BCUT2D eigenvalue weighted by molar-refractivity contribution is -0.141. The smallest absolute Gasteiger partial charge is 0.319 e. The third-order valence-corrected chi connectivity index (χ3v) is 7.53. The topological polar surface area (TPSA) is 106 Å². The Kier molecular flexibility index (Phi) is 10.2. The van der Waals surface area contributed by atoms with Crippen LogP contribution < -0.4 is 19.7 Å². The number of aromatic nitrogens is 6. The maximum absolute atomic E-state index is 13.6. The van der Waals surface area contributed by atoms with Gasteiger partial charge < -0.3 is 19.7 Å². The highest BCUT2D eigenvalue weighted by molar-refractivity contribution is 6.32. The summed E-state index contributed by atoms with van der Waals surface area (Å²) >= 11 is 6.38. The number of benzene rings is 2. The van der Waals surface area contributed by atoms with Gasteiger partial charge in [-0.3, -0.25) is 4.90 Å². The van der Waals surface area contributed by atoms with Crippen LogP contribution in [0.4, 0.5) is 34.9 Å². The average Bonchev–Trinajstić information content (AvgIpc) is 3.42. The van der Waals surface area contributed by atoms with E-state index in [-0.39, 0.29) is 12.6 Å². The number of ether oxygens (including phenoxy) is 2. The summed E-state index contributed by atoms with van der Waals surface area (Å²) in [6.07, 6.45) is 1.49. The Labute approximate surface area is 262 Å². The number of methoxy groups -OCH3 is 1. The van der Waals surface area contributed by atoms with Crippen molar-refractivity contribution in [3.05, 3.63) is 60.1 Å². The summed E-state index contributed by atoms with van der Waals surface area (Å²) in [6, 6.07) is 10.9. The lowest BCUT2D eigenvalue weighted by Gasteiger charge is -2.26. The molecule has 0 bridgehead atoms. The molecule has 4 aromatic rings. The van der Waals surface area contributed by atoms with Gasteiger partial charge in [0.1, 0.15) is 23.9 Å². The molecule has 0 aliphatic carbocycles. The highest BCUT2D eigenvalue weighted by Gasteiger charge is 2.42. The van der Waals surface area contributed by atoms with Crippen molar-refractivity contribution in [2.75, 3.05) is 50.1 Å². The highest BCUT2D eigenvalue weighted by atomic mass is 35.5. The van der Waals surface area contributed by atoms with Crippen LogP contribution in [0.1, 0.15) is 13.3 Å². The van der Waals surface area contributed by atoms with E-state index >= 15 is 0 Å². The Bertz CT molecular complexity index is 1550. The van der Waals surface area contributed by atoms with Gasteiger partial charge in [0.05, 0.1) is 30.9 Å². The molecule has 1 atom stereocenters. The lowest BCUT2D eigenvalue weighted by atomic mass is 10.1. The molecule has 16 heteroatoms. The minimum absolute atomic E-state index is 0.242. The summed E-state index contributed by atoms with van der Waals surface area (Å²) in [5, 5.41) is 14.7. The molecular formula is C29H32ClF4N9O2. The predicted molar refractivity (Wildman–Crippen MR) is 161 cm³/mol. The van der Waals surface area contributed by atoms with Gasteiger partial charge in [-0.1, -0.05) is 17.7 Å². The molecule has 1 saturated heterocycles. The average molecular weight is 650 g/mol. The van der Waals surface area contributed by atoms with Crippen LogP contribution in [0.5, 0.6) is 11.5 Å². The molecule has 0 saturated carbocycles. The van der Waals surface area contributed by atoms with E-state index < -0.39 is 18.9 Å². The van der Waals surface area contributed by atoms with E-state index in [0.29, 0.717) is 60.8 Å². The summed E-state index contributed by atoms with van der Waals surface area (Å²) in [5.74, 6) is -2.66. The van der Waals surface area contributed by atoms with E-state index in [1.807, 2.05) is 42.2 Å². The van der Waals surface area contributed by atoms with Gasteiger partial charge in [0.15, 0.2) is 0 Å². The molecule has 2 aromatic carbocycles. The van der Waals surface area contributed by atoms with Crippen LogP contribution in [0.3, 0.4) is 0 Å². The van der Waals surface area contributed by atoms with Crippen molar-refractivity contribution in [2.24, 2.45) is 0 Å². The van der Waals surface area contributed by atoms with Gasteiger partial charge in [-0.2, -0.15) is 8.78 Å². The van der Waals surface area contributed by atoms with E-state index in [0.717, 1.165) is 16.8 Å². The molecule has 11 nitrogen and oxygen atoms in total. The van der Waals surface area contributed by atoms with Crippen molar-refractivity contribution in [3.63, 3.8) is 0 Å². The van der Waals surface area contributed by atoms with E-state index in [1.165, 1.54) is 18.3 Å². The molecule has 1 aliphatic heterocycles. The van der Waals surface area contributed by atoms with Crippen LogP contribution in [0.15, 0.2) is 55.1 Å². The van der Waals surface area contributed by atoms with Crippen LogP contribution in [0.25, 0.3) is 11.1 Å². The molecule has 1 N–H and O–H groups in total. The first-order valence-corrected chi connectivity index (χ1v) is 14.6. The van der Waals surface area contributed by atoms with Crippen molar-refractivity contribution in [1.82, 2.24) is 35.1 Å². The monoisotopic (exact) mass is 649 g/mol. The van der Waals surface area contributed by atoms with Gasteiger partial charge in [-0.25, -0.2) is 23.4 Å². The van der Waals surface area contributed by atoms with E-state index in [2.05, 4.69) is 30.8 Å². The zero-order chi connectivity index (χ0) is 32.0. The molecule has 3 heterocycles. The Hall–Kier alpha value is -4.24. The van der Waals surface area contributed by atoms with Gasteiger partial charge >= 0.3 is 12.3 Å². The van der Waals surface area contributed by atoms with Gasteiger partial charge in [0.25, 0.3) is 0 Å². The van der Waals surface area contributed by atoms with Crippen molar-refractivity contribution in [3.8, 4) is 22.6 Å². The third kappa shape index (κ3) is 8.28. The van der Waals surface area contributed by atoms with Crippen LogP contribution >= 0.6 is 11.6 Å². The number of hydrogen-bond donors (Lipinski definition) is 1. The summed E-state index contributed by atoms with van der Waals surface area (Å²) < 4.78 is 65.7. The maximum atomic E-state index is 13.6. The zero-order valence-electron chi connectivity index (χ0n) is 24.6. The second kappa shape index (κ2) is 14.2. The summed E-state index contributed by atoms with van der Waals surface area (Å²) in [5.41, 5.74) is 3.01. The standard InChI is InChI=1S/C29H32ClF4N9O2/c1-19(16-43-18-37-39-40-43)45-25-12-20(4-6-23(25)30)21-14-35-28(36-15-21)38-24-7-5-22(13-26(24)44-2)42-9-3-8-41(10-11-42)17-29(33,34)27(31)32/h4-7,12-15,18-19,27H,3,8-11,16-17H2,1-2H3,(H,35,36,38). The number of rotatable bonds is 12. The molecular weight excluding hydrogens is 618 g/mol. The number of nitrogens with one attached hydrogen (secondary N) is 1. The van der Waals surface area contributed by atoms with Gasteiger partial charge in [-0.15, -0.1) is 5.10 Å². The predicted octanol–water partition coefficient (Wildman–Crippen LogP) is 5.42. The molecule has 1 fully saturated rings. The first-order chi connectivity index (χ1) is 21.6. The maximum Gasteiger partial charge on any atom is 0.319 e. The number of alkyl halides is 4. The van der Waals surface area contributed by atoms with Crippen LogP contribution in [-0.2, 0) is 6.54 Å². The van der Waals surface area contributed by atoms with Crippen LogP contribution in [0.2, 0.25) is 5.02 Å². The van der Waals surface area contributed by atoms with Gasteiger partial charge in [0, 0.05) is 55.9 Å². The number of anilines is 3. The second-order valence-corrected chi connectivity index (χ2v) is 11.0. The molecule has 240 valence electrons. The Morgan fingerprint density at radius 3 is 2.51 bits per heavy atom. The van der Waals surface area contributed by atoms with Crippen LogP contribution in [0, 0.1) is 0 Å². The van der Waals surface area contributed by atoms with Crippen molar-refractivity contribution in [1.29, 1.82) is 0 Å². The fourth-order valence-corrected chi connectivity index (χ4v) is 5.11. The minimum atomic E-state index is -4.03. The largest absolute Gasteiger partial charge is 0.494 e. The highest BCUT2D eigenvalue weighted by Crippen LogP contribution is 2.34. The fraction of sp³-hybridized carbons (Fsp3) is 0.414. The molecule has 0 amide bonds. The Morgan fingerprint density at radius 1 is 1.00 bits per heavy atom. The first kappa shape index (κ1) is 32.2. The lowest BCUT2D eigenvalue weighted by Crippen LogP contribution is -2.43. The first-order valence-electron chi connectivity index (χ1n) is 14.2. The van der Waals surface area contributed by atoms with Crippen molar-refractivity contribution < 1.29 is 27.0 Å². The summed E-state index contributed by atoms with van der Waals surface area (Å²) in [6.45, 7) is 2.93. The Morgan fingerprint density at radius 2 is 1.80 bits per heavy atom.